The molecule has 300 valence electrons. The summed E-state index contributed by atoms with van der Waals surface area (Å²) in [5, 5.41) is 3.46. The fraction of sp³-hybridized carbons (Fsp3) is 0. The van der Waals surface area contributed by atoms with Crippen LogP contribution in [0.2, 0.25) is 0 Å². The molecule has 0 radical (unpaired) electrons. The van der Waals surface area contributed by atoms with Gasteiger partial charge in [-0.1, -0.05) is 164 Å². The summed E-state index contributed by atoms with van der Waals surface area (Å²) in [5.41, 5.74) is 20.6. The third-order valence-corrected chi connectivity index (χ3v) is 12.6. The fourth-order valence-electron chi connectivity index (χ4n) is 9.34. The predicted molar refractivity (Wildman–Crippen MR) is 269 cm³/mol. The third kappa shape index (κ3) is 6.88. The Balaban J connectivity index is 1.04. The summed E-state index contributed by atoms with van der Waals surface area (Å²) in [7, 11) is 0. The Labute approximate surface area is 372 Å². The molecule has 0 atom stereocenters. The van der Waals surface area contributed by atoms with Gasteiger partial charge in [0.1, 0.15) is 11.2 Å². The Hall–Kier alpha value is -8.46. The van der Waals surface area contributed by atoms with Gasteiger partial charge in [-0.2, -0.15) is 0 Å². The van der Waals surface area contributed by atoms with Gasteiger partial charge in [0.25, 0.3) is 0 Å². The first kappa shape index (κ1) is 37.3. The molecule has 2 aromatic heterocycles. The van der Waals surface area contributed by atoms with Gasteiger partial charge in [0.2, 0.25) is 0 Å². The molecule has 10 aromatic carbocycles. The lowest BCUT2D eigenvalue weighted by molar-refractivity contribution is 0.669. The van der Waals surface area contributed by atoms with Gasteiger partial charge in [-0.3, -0.25) is 0 Å². The lowest BCUT2D eigenvalue weighted by atomic mass is 9.91. The summed E-state index contributed by atoms with van der Waals surface area (Å²) >= 11 is 0. The van der Waals surface area contributed by atoms with Crippen LogP contribution in [0.25, 0.3) is 116 Å². The van der Waals surface area contributed by atoms with Gasteiger partial charge in [0.05, 0.1) is 5.52 Å². The molecule has 12 rings (SSSR count). The highest BCUT2D eigenvalue weighted by Gasteiger charge is 2.17. The van der Waals surface area contributed by atoms with Crippen LogP contribution in [-0.2, 0) is 0 Å². The minimum atomic E-state index is 0.905. The Morgan fingerprint density at radius 1 is 0.250 bits per heavy atom. The molecule has 0 aliphatic heterocycles. The Morgan fingerprint density at radius 3 is 1.19 bits per heavy atom. The number of aromatic nitrogens is 1. The van der Waals surface area contributed by atoms with Crippen molar-refractivity contribution in [2.45, 2.75) is 0 Å². The molecule has 0 aliphatic carbocycles. The zero-order valence-corrected chi connectivity index (χ0v) is 35.0. The van der Waals surface area contributed by atoms with Crippen LogP contribution in [0.5, 0.6) is 0 Å². The van der Waals surface area contributed by atoms with Crippen molar-refractivity contribution in [1.82, 2.24) is 4.57 Å². The average molecular weight is 816 g/mol. The molecular weight excluding hydrogens is 775 g/mol. The summed E-state index contributed by atoms with van der Waals surface area (Å²) in [6, 6.07) is 87.6. The molecule has 0 spiro atoms. The van der Waals surface area contributed by atoms with Crippen LogP contribution in [0.15, 0.2) is 253 Å². The van der Waals surface area contributed by atoms with Crippen LogP contribution < -0.4 is 0 Å². The fourth-order valence-corrected chi connectivity index (χ4v) is 9.34. The summed E-state index contributed by atoms with van der Waals surface area (Å²) in [4.78, 5) is 0. The lowest BCUT2D eigenvalue weighted by Gasteiger charge is -2.13. The van der Waals surface area contributed by atoms with Crippen molar-refractivity contribution in [3.05, 3.63) is 249 Å². The molecule has 2 heterocycles. The second-order valence-corrected chi connectivity index (χ2v) is 16.6. The van der Waals surface area contributed by atoms with E-state index in [2.05, 4.69) is 241 Å². The maximum absolute atomic E-state index is 6.15. The van der Waals surface area contributed by atoms with Gasteiger partial charge >= 0.3 is 0 Å². The molecule has 0 bridgehead atoms. The average Bonchev–Trinajstić information content (AvgIpc) is 3.95. The van der Waals surface area contributed by atoms with E-state index in [1.165, 1.54) is 72.1 Å². The molecule has 0 amide bonds. The van der Waals surface area contributed by atoms with Crippen molar-refractivity contribution in [2.24, 2.45) is 0 Å². The van der Waals surface area contributed by atoms with E-state index in [0.717, 1.165) is 44.3 Å². The number of fused-ring (bicyclic) bond motifs is 4. The zero-order valence-electron chi connectivity index (χ0n) is 35.0. The van der Waals surface area contributed by atoms with Gasteiger partial charge in [0.15, 0.2) is 0 Å². The summed E-state index contributed by atoms with van der Waals surface area (Å²) in [6.07, 6.45) is 2.34. The highest BCUT2D eigenvalue weighted by atomic mass is 16.3. The monoisotopic (exact) mass is 815 g/mol. The quantitative estimate of drug-likeness (QED) is 0.149. The number of benzene rings is 10. The minimum absolute atomic E-state index is 0.905. The standard InChI is InChI=1S/C62H41NO/c1-5-15-42(16-6-1)49-33-50(43-17-7-2-8-18-43)36-53(35-49)48-27-31-60-57(39-48)59(54-37-51(44-19-9-3-10-20-44)34-52(38-54)45-21-11-4-12-22-45)41-63(60)55-29-25-46(26-30-55)47-28-32-62-58(40-47)56-23-13-14-24-61(56)64-62/h1-41H. The molecule has 0 aliphatic rings. The Kier molecular flexibility index (Phi) is 9.20. The van der Waals surface area contributed by atoms with E-state index in [-0.39, 0.29) is 0 Å². The highest BCUT2D eigenvalue weighted by molar-refractivity contribution is 6.06. The van der Waals surface area contributed by atoms with E-state index in [4.69, 9.17) is 4.42 Å². The minimum Gasteiger partial charge on any atom is -0.456 e. The molecule has 2 heteroatoms. The van der Waals surface area contributed by atoms with Crippen LogP contribution in [0.1, 0.15) is 0 Å². The summed E-state index contributed by atoms with van der Waals surface area (Å²) in [5.74, 6) is 0. The first-order valence-electron chi connectivity index (χ1n) is 21.9. The second kappa shape index (κ2) is 15.8. The Bertz CT molecular complexity index is 3510. The number of furan rings is 1. The maximum Gasteiger partial charge on any atom is 0.135 e. The molecule has 0 unspecified atom stereocenters. The molecule has 0 saturated carbocycles. The Morgan fingerprint density at radius 2 is 0.641 bits per heavy atom. The normalized spacial score (nSPS) is 11.4. The van der Waals surface area contributed by atoms with Crippen LogP contribution in [0.3, 0.4) is 0 Å². The lowest BCUT2D eigenvalue weighted by Crippen LogP contribution is -1.92. The molecule has 12 aromatic rings. The van der Waals surface area contributed by atoms with Crippen molar-refractivity contribution in [3.8, 4) is 83.6 Å². The number of para-hydroxylation sites is 1. The molecule has 64 heavy (non-hydrogen) atoms. The van der Waals surface area contributed by atoms with Crippen LogP contribution in [0, 0.1) is 0 Å². The molecule has 2 nitrogen and oxygen atoms in total. The SMILES string of the molecule is c1ccc(-c2cc(-c3ccccc3)cc(-c3ccc4c(c3)c(-c3cc(-c5ccccc5)cc(-c5ccccc5)c3)cn4-c3ccc(-c4ccc5oc6ccccc6c5c4)cc3)c2)cc1. The van der Waals surface area contributed by atoms with E-state index in [0.29, 0.717) is 0 Å². The van der Waals surface area contributed by atoms with E-state index in [1.807, 2.05) is 12.1 Å². The highest BCUT2D eigenvalue weighted by Crippen LogP contribution is 2.41. The number of rotatable bonds is 8. The maximum atomic E-state index is 6.15. The number of hydrogen-bond donors (Lipinski definition) is 0. The second-order valence-electron chi connectivity index (χ2n) is 16.6. The summed E-state index contributed by atoms with van der Waals surface area (Å²) in [6.45, 7) is 0. The number of nitrogens with zero attached hydrogens (tertiary/aromatic N) is 1. The van der Waals surface area contributed by atoms with Gasteiger partial charge in [-0.25, -0.2) is 0 Å². The summed E-state index contributed by atoms with van der Waals surface area (Å²) < 4.78 is 8.51. The van der Waals surface area contributed by atoms with Crippen molar-refractivity contribution in [3.63, 3.8) is 0 Å². The van der Waals surface area contributed by atoms with Crippen molar-refractivity contribution in [1.29, 1.82) is 0 Å². The topological polar surface area (TPSA) is 18.1 Å². The van der Waals surface area contributed by atoms with Crippen LogP contribution in [-0.4, -0.2) is 4.57 Å². The molecule has 0 saturated heterocycles. The first-order chi connectivity index (χ1) is 31.7. The van der Waals surface area contributed by atoms with E-state index in [9.17, 15) is 0 Å². The van der Waals surface area contributed by atoms with Crippen molar-refractivity contribution in [2.75, 3.05) is 0 Å². The van der Waals surface area contributed by atoms with Gasteiger partial charge < -0.3 is 8.98 Å². The van der Waals surface area contributed by atoms with Gasteiger partial charge in [-0.05, 0) is 151 Å². The molecule has 0 N–H and O–H groups in total. The van der Waals surface area contributed by atoms with Crippen LogP contribution in [0.4, 0.5) is 0 Å². The third-order valence-electron chi connectivity index (χ3n) is 12.6. The largest absolute Gasteiger partial charge is 0.456 e. The van der Waals surface area contributed by atoms with E-state index < -0.39 is 0 Å². The predicted octanol–water partition coefficient (Wildman–Crippen LogP) is 17.2. The molecular formula is C62H41NO. The van der Waals surface area contributed by atoms with Crippen molar-refractivity contribution < 1.29 is 4.42 Å². The smallest absolute Gasteiger partial charge is 0.135 e. The van der Waals surface area contributed by atoms with E-state index >= 15 is 0 Å². The van der Waals surface area contributed by atoms with E-state index in [1.54, 1.807) is 0 Å². The zero-order chi connectivity index (χ0) is 42.4. The van der Waals surface area contributed by atoms with Crippen LogP contribution >= 0.6 is 0 Å². The van der Waals surface area contributed by atoms with Crippen molar-refractivity contribution >= 4 is 32.8 Å². The van der Waals surface area contributed by atoms with Gasteiger partial charge in [0, 0.05) is 33.6 Å². The number of hydrogen-bond acceptors (Lipinski definition) is 1. The first-order valence-corrected chi connectivity index (χ1v) is 21.9. The molecule has 0 fully saturated rings. The van der Waals surface area contributed by atoms with Gasteiger partial charge in [-0.15, -0.1) is 0 Å².